The number of halogens is 2. The van der Waals surface area contributed by atoms with E-state index < -0.39 is 0 Å². The Morgan fingerprint density at radius 1 is 1.21 bits per heavy atom. The molecule has 1 heterocycles. The van der Waals surface area contributed by atoms with E-state index in [0.29, 0.717) is 5.56 Å². The van der Waals surface area contributed by atoms with E-state index in [4.69, 9.17) is 33.1 Å². The lowest BCUT2D eigenvalue weighted by atomic mass is 10.2. The number of pyridine rings is 1. The molecule has 1 aromatic rings. The predicted octanol–water partition coefficient (Wildman–Crippen LogP) is 5.45. The first-order valence-corrected chi connectivity index (χ1v) is 8.83. The zero-order chi connectivity index (χ0) is 19.5. The third-order valence-electron chi connectivity index (χ3n) is 2.51. The molecule has 1 aromatic heterocycles. The molecule has 2 N–H and O–H groups in total. The maximum absolute atomic E-state index is 11.7. The first-order chi connectivity index (χ1) is 11.4. The smallest absolute Gasteiger partial charge is 0.290 e. The molecule has 0 aromatic carbocycles. The van der Waals surface area contributed by atoms with Gasteiger partial charge in [0.25, 0.3) is 12.4 Å². The molecule has 1 atom stereocenters. The quantitative estimate of drug-likeness (QED) is 0.537. The molecule has 0 bridgehead atoms. The Labute approximate surface area is 155 Å². The maximum Gasteiger partial charge on any atom is 0.290 e. The molecule has 0 spiro atoms. The summed E-state index contributed by atoms with van der Waals surface area (Å²) >= 11 is 11.4. The molecule has 24 heavy (non-hydrogen) atoms. The number of nitrogens with one attached hydrogen (secondary N) is 1. The number of carbonyl (C=O) groups is 2. The minimum atomic E-state index is -0.250. The normalized spacial score (nSPS) is 9.67. The molecule has 1 amide bonds. The van der Waals surface area contributed by atoms with Gasteiger partial charge in [-0.25, -0.2) is 4.98 Å². The highest BCUT2D eigenvalue weighted by atomic mass is 35.5. The van der Waals surface area contributed by atoms with Gasteiger partial charge < -0.3 is 10.4 Å². The van der Waals surface area contributed by atoms with E-state index in [-0.39, 0.29) is 28.7 Å². The van der Waals surface area contributed by atoms with Gasteiger partial charge in [0.1, 0.15) is 10.3 Å². The van der Waals surface area contributed by atoms with Crippen molar-refractivity contribution in [1.82, 2.24) is 10.3 Å². The van der Waals surface area contributed by atoms with Gasteiger partial charge in [0.2, 0.25) is 0 Å². The van der Waals surface area contributed by atoms with Crippen molar-refractivity contribution in [3.63, 3.8) is 0 Å². The Morgan fingerprint density at radius 2 is 1.58 bits per heavy atom. The van der Waals surface area contributed by atoms with Gasteiger partial charge >= 0.3 is 0 Å². The van der Waals surface area contributed by atoms with Crippen molar-refractivity contribution in [2.45, 2.75) is 66.8 Å². The van der Waals surface area contributed by atoms with Crippen molar-refractivity contribution in [3.8, 4) is 0 Å². The van der Waals surface area contributed by atoms with Gasteiger partial charge in [-0.2, -0.15) is 0 Å². The molecule has 7 heteroatoms. The summed E-state index contributed by atoms with van der Waals surface area (Å²) in [4.78, 5) is 23.8. The molecule has 1 rings (SSSR count). The number of rotatable bonds is 4. The molecule has 0 radical (unpaired) electrons. The lowest BCUT2D eigenvalue weighted by Gasteiger charge is -2.11. The standard InChI is InChI=1S/C10H12Cl2N2O.C4H10.C2H6.CH2O2/c1-3-6(2)13-10(15)7-4-8(11)14-9(12)5-7;1-3-4-2;1-2;2-1-3/h4-6H,3H2,1-2H3,(H,13,15);3-4H2,1-2H3;1-2H3;1H,(H,2,3). The largest absolute Gasteiger partial charge is 0.483 e. The number of amides is 1. The number of hydrogen-bond acceptors (Lipinski definition) is 3. The van der Waals surface area contributed by atoms with Crippen LogP contribution in [-0.4, -0.2) is 28.5 Å². The first kappa shape index (κ1) is 27.5. The van der Waals surface area contributed by atoms with Crippen LogP contribution in [0.4, 0.5) is 0 Å². The summed E-state index contributed by atoms with van der Waals surface area (Å²) in [5.41, 5.74) is 0.431. The molecule has 140 valence electrons. The van der Waals surface area contributed by atoms with Gasteiger partial charge in [0.15, 0.2) is 0 Å². The van der Waals surface area contributed by atoms with Crippen LogP contribution >= 0.6 is 23.2 Å². The van der Waals surface area contributed by atoms with Crippen LogP contribution in [0.3, 0.4) is 0 Å². The maximum atomic E-state index is 11.7. The van der Waals surface area contributed by atoms with E-state index in [2.05, 4.69) is 24.1 Å². The molecule has 0 saturated heterocycles. The van der Waals surface area contributed by atoms with E-state index in [0.717, 1.165) is 6.42 Å². The summed E-state index contributed by atoms with van der Waals surface area (Å²) < 4.78 is 0. The van der Waals surface area contributed by atoms with Gasteiger partial charge in [-0.15, -0.1) is 0 Å². The number of carbonyl (C=O) groups excluding carboxylic acids is 1. The number of unbranched alkanes of at least 4 members (excludes halogenated alkanes) is 1. The second-order valence-electron chi connectivity index (χ2n) is 4.39. The fraction of sp³-hybridized carbons (Fsp3) is 0.588. The Balaban J connectivity index is -0.000000411. The second-order valence-corrected chi connectivity index (χ2v) is 5.16. The molecular formula is C17H30Cl2N2O3. The van der Waals surface area contributed by atoms with Crippen molar-refractivity contribution < 1.29 is 14.7 Å². The Kier molecular flexibility index (Phi) is 22.6. The molecular weight excluding hydrogens is 351 g/mol. The van der Waals surface area contributed by atoms with Crippen LogP contribution in [-0.2, 0) is 4.79 Å². The van der Waals surface area contributed by atoms with Crippen molar-refractivity contribution in [1.29, 1.82) is 0 Å². The fourth-order valence-corrected chi connectivity index (χ4v) is 1.47. The van der Waals surface area contributed by atoms with Gasteiger partial charge in [0.05, 0.1) is 0 Å². The zero-order valence-corrected chi connectivity index (χ0v) is 16.9. The lowest BCUT2D eigenvalue weighted by Crippen LogP contribution is -2.31. The van der Waals surface area contributed by atoms with Gasteiger partial charge in [-0.05, 0) is 25.5 Å². The number of aromatic nitrogens is 1. The van der Waals surface area contributed by atoms with E-state index >= 15 is 0 Å². The third-order valence-corrected chi connectivity index (χ3v) is 2.90. The topological polar surface area (TPSA) is 79.3 Å². The molecule has 1 unspecified atom stereocenters. The summed E-state index contributed by atoms with van der Waals surface area (Å²) in [6.07, 6.45) is 3.51. The van der Waals surface area contributed by atoms with Crippen LogP contribution in [0, 0.1) is 0 Å². The SMILES string of the molecule is CC.CCC(C)NC(=O)c1cc(Cl)nc(Cl)c1.CCCC.O=CO. The number of nitrogens with zero attached hydrogens (tertiary/aromatic N) is 1. The van der Waals surface area contributed by atoms with E-state index in [1.165, 1.54) is 25.0 Å². The Hall–Kier alpha value is -1.33. The lowest BCUT2D eigenvalue weighted by molar-refractivity contribution is -0.122. The van der Waals surface area contributed by atoms with Gasteiger partial charge in [-0.3, -0.25) is 9.59 Å². The van der Waals surface area contributed by atoms with Crippen LogP contribution < -0.4 is 5.32 Å². The molecule has 0 aliphatic carbocycles. The zero-order valence-electron chi connectivity index (χ0n) is 15.4. The van der Waals surface area contributed by atoms with E-state index in [9.17, 15) is 4.79 Å². The van der Waals surface area contributed by atoms with Crippen LogP contribution in [0.1, 0.15) is 71.2 Å². The van der Waals surface area contributed by atoms with Crippen LogP contribution in [0.2, 0.25) is 10.3 Å². The third kappa shape index (κ3) is 17.0. The van der Waals surface area contributed by atoms with Crippen molar-refractivity contribution in [2.75, 3.05) is 0 Å². The average Bonchev–Trinajstić information content (AvgIpc) is 2.56. The van der Waals surface area contributed by atoms with Crippen LogP contribution in [0.15, 0.2) is 12.1 Å². The molecule has 0 aliphatic rings. The monoisotopic (exact) mass is 380 g/mol. The van der Waals surface area contributed by atoms with Crippen molar-refractivity contribution in [3.05, 3.63) is 28.0 Å². The predicted molar refractivity (Wildman–Crippen MR) is 102 cm³/mol. The summed E-state index contributed by atoms with van der Waals surface area (Å²) in [7, 11) is 0. The first-order valence-electron chi connectivity index (χ1n) is 8.07. The highest BCUT2D eigenvalue weighted by Gasteiger charge is 2.10. The van der Waals surface area contributed by atoms with Crippen molar-refractivity contribution in [2.24, 2.45) is 0 Å². The van der Waals surface area contributed by atoms with E-state index in [1.807, 2.05) is 27.7 Å². The number of carboxylic acid groups (broad SMARTS) is 1. The van der Waals surface area contributed by atoms with Crippen molar-refractivity contribution >= 4 is 35.6 Å². The minimum absolute atomic E-state index is 0.128. The summed E-state index contributed by atoms with van der Waals surface area (Å²) in [6.45, 7) is 12.0. The highest BCUT2D eigenvalue weighted by molar-refractivity contribution is 6.33. The Bertz CT molecular complexity index is 422. The summed E-state index contributed by atoms with van der Waals surface area (Å²) in [6, 6.07) is 3.11. The molecule has 0 aliphatic heterocycles. The van der Waals surface area contributed by atoms with Crippen LogP contribution in [0.25, 0.3) is 0 Å². The van der Waals surface area contributed by atoms with Crippen LogP contribution in [0.5, 0.6) is 0 Å². The second kappa shape index (κ2) is 19.7. The summed E-state index contributed by atoms with van der Waals surface area (Å²) in [5, 5.41) is 10.1. The molecule has 0 saturated carbocycles. The Morgan fingerprint density at radius 3 is 1.88 bits per heavy atom. The van der Waals surface area contributed by atoms with E-state index in [1.54, 1.807) is 0 Å². The molecule has 5 nitrogen and oxygen atoms in total. The number of hydrogen-bond donors (Lipinski definition) is 2. The molecule has 0 fully saturated rings. The minimum Gasteiger partial charge on any atom is -0.483 e. The van der Waals surface area contributed by atoms with Gasteiger partial charge in [0, 0.05) is 11.6 Å². The summed E-state index contributed by atoms with van der Waals surface area (Å²) in [5.74, 6) is -0.185. The fourth-order valence-electron chi connectivity index (χ4n) is 1.01. The van der Waals surface area contributed by atoms with Gasteiger partial charge in [-0.1, -0.05) is 70.7 Å². The average molecular weight is 381 g/mol. The highest BCUT2D eigenvalue weighted by Crippen LogP contribution is 2.14.